The van der Waals surface area contributed by atoms with E-state index in [4.69, 9.17) is 0 Å². The minimum Gasteiger partial charge on any atom is -0.301 e. The quantitative estimate of drug-likeness (QED) is 0.619. The third kappa shape index (κ3) is 4.43. The summed E-state index contributed by atoms with van der Waals surface area (Å²) >= 11 is 1.68. The summed E-state index contributed by atoms with van der Waals surface area (Å²) in [6, 6.07) is 18.7. The lowest BCUT2D eigenvalue weighted by molar-refractivity contribution is 0.348. The van der Waals surface area contributed by atoms with Gasteiger partial charge in [-0.05, 0) is 42.1 Å². The zero-order chi connectivity index (χ0) is 16.8. The first kappa shape index (κ1) is 16.7. The molecule has 0 spiro atoms. The molecule has 5 nitrogen and oxygen atoms in total. The van der Waals surface area contributed by atoms with E-state index in [1.165, 1.54) is 11.1 Å². The first-order valence-corrected chi connectivity index (χ1v) is 8.91. The molecule has 0 bridgehead atoms. The second-order valence-corrected chi connectivity index (χ2v) is 6.84. The van der Waals surface area contributed by atoms with Gasteiger partial charge in [-0.25, -0.2) is 0 Å². The van der Waals surface area contributed by atoms with Crippen molar-refractivity contribution in [3.05, 3.63) is 65.7 Å². The monoisotopic (exact) mass is 339 g/mol. The summed E-state index contributed by atoms with van der Waals surface area (Å²) in [4.78, 5) is 2.31. The molecule has 0 aliphatic rings. The van der Waals surface area contributed by atoms with Crippen molar-refractivity contribution in [2.45, 2.75) is 18.6 Å². The Hall–Kier alpha value is -2.18. The lowest BCUT2D eigenvalue weighted by Gasteiger charge is -2.16. The molecule has 0 atom stereocenters. The number of tetrazole rings is 1. The molecule has 0 fully saturated rings. The van der Waals surface area contributed by atoms with Crippen LogP contribution in [0.25, 0.3) is 5.69 Å². The molecular formula is C18H21N5S. The molecular weight excluding hydrogens is 318 g/mol. The predicted octanol–water partition coefficient (Wildman–Crippen LogP) is 3.19. The number of aromatic nitrogens is 4. The molecule has 1 aromatic heterocycles. The Morgan fingerprint density at radius 3 is 2.54 bits per heavy atom. The van der Waals surface area contributed by atoms with E-state index in [1.807, 2.05) is 18.2 Å². The molecule has 2 aromatic carbocycles. The lowest BCUT2D eigenvalue weighted by atomic mass is 10.2. The Bertz CT molecular complexity index is 755. The predicted molar refractivity (Wildman–Crippen MR) is 97.4 cm³/mol. The van der Waals surface area contributed by atoms with Crippen molar-refractivity contribution in [3.63, 3.8) is 0 Å². The second kappa shape index (κ2) is 8.08. The molecule has 0 aliphatic carbocycles. The largest absolute Gasteiger partial charge is 0.301 e. The maximum Gasteiger partial charge on any atom is 0.214 e. The van der Waals surface area contributed by atoms with Gasteiger partial charge in [0.1, 0.15) is 0 Å². The van der Waals surface area contributed by atoms with Gasteiger partial charge in [0.25, 0.3) is 0 Å². The van der Waals surface area contributed by atoms with Gasteiger partial charge in [-0.15, -0.1) is 5.10 Å². The van der Waals surface area contributed by atoms with Crippen molar-refractivity contribution in [1.29, 1.82) is 0 Å². The maximum absolute atomic E-state index is 4.14. The van der Waals surface area contributed by atoms with Gasteiger partial charge >= 0.3 is 0 Å². The van der Waals surface area contributed by atoms with E-state index in [0.717, 1.165) is 29.7 Å². The van der Waals surface area contributed by atoms with Crippen molar-refractivity contribution in [2.24, 2.45) is 0 Å². The smallest absolute Gasteiger partial charge is 0.214 e. The average molecular weight is 339 g/mol. The molecule has 3 rings (SSSR count). The van der Waals surface area contributed by atoms with Crippen molar-refractivity contribution < 1.29 is 0 Å². The van der Waals surface area contributed by atoms with Crippen LogP contribution in [-0.4, -0.2) is 44.5 Å². The van der Waals surface area contributed by atoms with Crippen LogP contribution in [0.15, 0.2) is 59.8 Å². The summed E-state index contributed by atoms with van der Waals surface area (Å²) in [5, 5.41) is 12.9. The third-order valence-electron chi connectivity index (χ3n) is 3.72. The topological polar surface area (TPSA) is 46.8 Å². The Morgan fingerprint density at radius 2 is 1.79 bits per heavy atom. The van der Waals surface area contributed by atoms with Crippen LogP contribution in [0.1, 0.15) is 11.1 Å². The fourth-order valence-corrected chi connectivity index (χ4v) is 3.33. The van der Waals surface area contributed by atoms with Crippen LogP contribution in [-0.2, 0) is 6.54 Å². The van der Waals surface area contributed by atoms with Crippen LogP contribution in [0.3, 0.4) is 0 Å². The minimum absolute atomic E-state index is 0.826. The number of hydrogen-bond donors (Lipinski definition) is 0. The van der Waals surface area contributed by atoms with Gasteiger partial charge in [0, 0.05) is 18.8 Å². The summed E-state index contributed by atoms with van der Waals surface area (Å²) in [5.41, 5.74) is 3.55. The molecule has 1 heterocycles. The standard InChI is InChI=1S/C18H21N5S/c1-15-8-10-17(11-9-15)23-18(19-20-21-23)24-13-12-22(2)14-16-6-4-3-5-7-16/h3-11H,12-14H2,1-2H3. The van der Waals surface area contributed by atoms with E-state index < -0.39 is 0 Å². The first-order chi connectivity index (χ1) is 11.7. The summed E-state index contributed by atoms with van der Waals surface area (Å²) in [6.45, 7) is 3.99. The van der Waals surface area contributed by atoms with E-state index in [2.05, 4.69) is 70.8 Å². The molecule has 0 saturated heterocycles. The van der Waals surface area contributed by atoms with Crippen LogP contribution in [0, 0.1) is 6.92 Å². The zero-order valence-electron chi connectivity index (χ0n) is 14.0. The van der Waals surface area contributed by atoms with E-state index in [1.54, 1.807) is 16.4 Å². The molecule has 0 aliphatic heterocycles. The highest BCUT2D eigenvalue weighted by molar-refractivity contribution is 7.99. The highest BCUT2D eigenvalue weighted by Gasteiger charge is 2.09. The van der Waals surface area contributed by atoms with Crippen molar-refractivity contribution >= 4 is 11.8 Å². The third-order valence-corrected chi connectivity index (χ3v) is 4.62. The zero-order valence-corrected chi connectivity index (χ0v) is 14.8. The van der Waals surface area contributed by atoms with Gasteiger partial charge in [0.05, 0.1) is 5.69 Å². The summed E-state index contributed by atoms with van der Waals surface area (Å²) in [7, 11) is 2.14. The van der Waals surface area contributed by atoms with Crippen LogP contribution in [0.5, 0.6) is 0 Å². The Balaban J connectivity index is 1.54. The Labute approximate surface area is 146 Å². The number of aryl methyl sites for hydroxylation is 1. The van der Waals surface area contributed by atoms with Crippen LogP contribution in [0.4, 0.5) is 0 Å². The fraction of sp³-hybridized carbons (Fsp3) is 0.278. The highest BCUT2D eigenvalue weighted by atomic mass is 32.2. The molecule has 0 amide bonds. The van der Waals surface area contributed by atoms with Crippen molar-refractivity contribution in [2.75, 3.05) is 19.3 Å². The van der Waals surface area contributed by atoms with E-state index in [-0.39, 0.29) is 0 Å². The van der Waals surface area contributed by atoms with Gasteiger partial charge in [0.2, 0.25) is 5.16 Å². The van der Waals surface area contributed by atoms with Crippen LogP contribution < -0.4 is 0 Å². The number of nitrogens with zero attached hydrogens (tertiary/aromatic N) is 5. The van der Waals surface area contributed by atoms with E-state index in [0.29, 0.717) is 0 Å². The Kier molecular flexibility index (Phi) is 5.61. The van der Waals surface area contributed by atoms with Crippen LogP contribution >= 0.6 is 11.8 Å². The second-order valence-electron chi connectivity index (χ2n) is 5.78. The molecule has 0 unspecified atom stereocenters. The Morgan fingerprint density at radius 1 is 1.04 bits per heavy atom. The normalized spacial score (nSPS) is 11.1. The average Bonchev–Trinajstić information content (AvgIpc) is 3.05. The summed E-state index contributed by atoms with van der Waals surface area (Å²) < 4.78 is 1.79. The molecule has 3 aromatic rings. The molecule has 124 valence electrons. The summed E-state index contributed by atoms with van der Waals surface area (Å²) in [5.74, 6) is 0.940. The molecule has 0 N–H and O–H groups in total. The van der Waals surface area contributed by atoms with Gasteiger partial charge in [-0.2, -0.15) is 4.68 Å². The van der Waals surface area contributed by atoms with Gasteiger partial charge in [-0.3, -0.25) is 0 Å². The molecule has 24 heavy (non-hydrogen) atoms. The van der Waals surface area contributed by atoms with Gasteiger partial charge < -0.3 is 4.90 Å². The molecule has 0 radical (unpaired) electrons. The summed E-state index contributed by atoms with van der Waals surface area (Å²) in [6.07, 6.45) is 0. The minimum atomic E-state index is 0.826. The van der Waals surface area contributed by atoms with Crippen molar-refractivity contribution in [3.8, 4) is 5.69 Å². The highest BCUT2D eigenvalue weighted by Crippen LogP contribution is 2.18. The first-order valence-electron chi connectivity index (χ1n) is 7.93. The van der Waals surface area contributed by atoms with Gasteiger partial charge in [-0.1, -0.05) is 59.8 Å². The number of benzene rings is 2. The number of thioether (sulfide) groups is 1. The lowest BCUT2D eigenvalue weighted by Crippen LogP contribution is -2.20. The van der Waals surface area contributed by atoms with E-state index >= 15 is 0 Å². The maximum atomic E-state index is 4.14. The number of hydrogen-bond acceptors (Lipinski definition) is 5. The number of rotatable bonds is 7. The van der Waals surface area contributed by atoms with Crippen LogP contribution in [0.2, 0.25) is 0 Å². The molecule has 6 heteroatoms. The van der Waals surface area contributed by atoms with Crippen molar-refractivity contribution in [1.82, 2.24) is 25.1 Å². The SMILES string of the molecule is Cc1ccc(-n2nnnc2SCCN(C)Cc2ccccc2)cc1. The molecule has 0 saturated carbocycles. The fourth-order valence-electron chi connectivity index (χ4n) is 2.38. The van der Waals surface area contributed by atoms with E-state index in [9.17, 15) is 0 Å². The van der Waals surface area contributed by atoms with Gasteiger partial charge in [0.15, 0.2) is 0 Å².